The molecule has 1 aliphatic heterocycles. The Bertz CT molecular complexity index is 400. The van der Waals surface area contributed by atoms with Crippen molar-refractivity contribution in [2.24, 2.45) is 11.7 Å². The van der Waals surface area contributed by atoms with Crippen molar-refractivity contribution in [3.05, 3.63) is 29.8 Å². The van der Waals surface area contributed by atoms with Gasteiger partial charge in [-0.05, 0) is 68.9 Å². The summed E-state index contributed by atoms with van der Waals surface area (Å²) in [6.07, 6.45) is 3.97. The van der Waals surface area contributed by atoms with E-state index < -0.39 is 0 Å². The second-order valence-electron chi connectivity index (χ2n) is 6.03. The third-order valence-corrected chi connectivity index (χ3v) is 4.38. The standard InChI is InChI=1S/C17H28N2O2/c1-21-17-4-2-15(3-5-17)12-16(20)13-19-10-7-14(6-9-18)8-11-19/h2-5,14,16,20H,6-13,18H2,1H3. The number of nitrogens with zero attached hydrogens (tertiary/aromatic N) is 1. The predicted molar refractivity (Wildman–Crippen MR) is 85.5 cm³/mol. The number of aliphatic hydroxyl groups is 1. The van der Waals surface area contributed by atoms with Gasteiger partial charge in [-0.25, -0.2) is 0 Å². The first-order valence-electron chi connectivity index (χ1n) is 7.94. The van der Waals surface area contributed by atoms with Crippen molar-refractivity contribution in [1.29, 1.82) is 0 Å². The van der Waals surface area contributed by atoms with Crippen molar-refractivity contribution in [1.82, 2.24) is 4.90 Å². The van der Waals surface area contributed by atoms with Gasteiger partial charge in [-0.1, -0.05) is 12.1 Å². The molecule has 0 spiro atoms. The van der Waals surface area contributed by atoms with Crippen LogP contribution < -0.4 is 10.5 Å². The van der Waals surface area contributed by atoms with Gasteiger partial charge in [-0.3, -0.25) is 0 Å². The molecule has 21 heavy (non-hydrogen) atoms. The van der Waals surface area contributed by atoms with Crippen molar-refractivity contribution >= 4 is 0 Å². The first-order valence-corrected chi connectivity index (χ1v) is 7.94. The zero-order valence-corrected chi connectivity index (χ0v) is 13.0. The molecule has 0 bridgehead atoms. The molecule has 0 saturated carbocycles. The largest absolute Gasteiger partial charge is 0.497 e. The molecule has 1 fully saturated rings. The summed E-state index contributed by atoms with van der Waals surface area (Å²) in [7, 11) is 1.66. The molecular weight excluding hydrogens is 264 g/mol. The smallest absolute Gasteiger partial charge is 0.118 e. The van der Waals surface area contributed by atoms with Gasteiger partial charge in [0, 0.05) is 6.54 Å². The van der Waals surface area contributed by atoms with Gasteiger partial charge < -0.3 is 20.5 Å². The molecule has 4 heteroatoms. The van der Waals surface area contributed by atoms with Crippen LogP contribution in [0.25, 0.3) is 0 Å². The van der Waals surface area contributed by atoms with E-state index in [1.54, 1.807) is 7.11 Å². The maximum Gasteiger partial charge on any atom is 0.118 e. The minimum absolute atomic E-state index is 0.301. The van der Waals surface area contributed by atoms with E-state index in [2.05, 4.69) is 4.90 Å². The van der Waals surface area contributed by atoms with Gasteiger partial charge in [0.15, 0.2) is 0 Å². The molecule has 1 atom stereocenters. The van der Waals surface area contributed by atoms with Gasteiger partial charge in [-0.15, -0.1) is 0 Å². The van der Waals surface area contributed by atoms with E-state index in [-0.39, 0.29) is 6.10 Å². The lowest BCUT2D eigenvalue weighted by molar-refractivity contribution is 0.0885. The summed E-state index contributed by atoms with van der Waals surface area (Å²) in [6.45, 7) is 3.74. The molecule has 1 saturated heterocycles. The minimum atomic E-state index is -0.301. The van der Waals surface area contributed by atoms with E-state index in [9.17, 15) is 5.11 Å². The van der Waals surface area contributed by atoms with Crippen molar-refractivity contribution in [3.8, 4) is 5.75 Å². The summed E-state index contributed by atoms with van der Waals surface area (Å²) >= 11 is 0. The highest BCUT2D eigenvalue weighted by Gasteiger charge is 2.20. The molecule has 0 radical (unpaired) electrons. The van der Waals surface area contributed by atoms with Crippen molar-refractivity contribution in [2.75, 3.05) is 33.3 Å². The molecule has 1 aliphatic rings. The molecule has 3 N–H and O–H groups in total. The van der Waals surface area contributed by atoms with E-state index in [4.69, 9.17) is 10.5 Å². The lowest BCUT2D eigenvalue weighted by atomic mass is 9.93. The molecule has 1 aromatic carbocycles. The fourth-order valence-corrected chi connectivity index (χ4v) is 3.09. The molecule has 1 unspecified atom stereocenters. The van der Waals surface area contributed by atoms with Crippen molar-refractivity contribution < 1.29 is 9.84 Å². The van der Waals surface area contributed by atoms with Crippen LogP contribution in [-0.4, -0.2) is 49.4 Å². The number of methoxy groups -OCH3 is 1. The van der Waals surface area contributed by atoms with Gasteiger partial charge in [0.25, 0.3) is 0 Å². The van der Waals surface area contributed by atoms with Crippen LogP contribution in [0.5, 0.6) is 5.75 Å². The number of likely N-dealkylation sites (tertiary alicyclic amines) is 1. The Morgan fingerprint density at radius 2 is 1.95 bits per heavy atom. The van der Waals surface area contributed by atoms with Crippen molar-refractivity contribution in [3.63, 3.8) is 0 Å². The zero-order valence-electron chi connectivity index (χ0n) is 13.0. The second kappa shape index (κ2) is 8.37. The fraction of sp³-hybridized carbons (Fsp3) is 0.647. The number of hydrogen-bond acceptors (Lipinski definition) is 4. The quantitative estimate of drug-likeness (QED) is 0.802. The van der Waals surface area contributed by atoms with Crippen molar-refractivity contribution in [2.45, 2.75) is 31.8 Å². The molecule has 1 aromatic rings. The Hall–Kier alpha value is -1.10. The SMILES string of the molecule is COc1ccc(CC(O)CN2CCC(CCN)CC2)cc1. The topological polar surface area (TPSA) is 58.7 Å². The summed E-state index contributed by atoms with van der Waals surface area (Å²) in [5, 5.41) is 10.3. The average Bonchev–Trinajstić information content (AvgIpc) is 2.50. The Balaban J connectivity index is 1.73. The summed E-state index contributed by atoms with van der Waals surface area (Å²) in [5.41, 5.74) is 6.77. The van der Waals surface area contributed by atoms with E-state index >= 15 is 0 Å². The zero-order chi connectivity index (χ0) is 15.1. The predicted octanol–water partition coefficient (Wildman–Crippen LogP) is 1.66. The minimum Gasteiger partial charge on any atom is -0.497 e. The molecule has 2 rings (SSSR count). The van der Waals surface area contributed by atoms with Crippen LogP contribution in [-0.2, 0) is 6.42 Å². The third-order valence-electron chi connectivity index (χ3n) is 4.38. The number of rotatable bonds is 7. The van der Waals surface area contributed by atoms with Crippen LogP contribution in [0, 0.1) is 5.92 Å². The summed E-state index contributed by atoms with van der Waals surface area (Å²) < 4.78 is 5.15. The number of aliphatic hydroxyl groups excluding tert-OH is 1. The van der Waals surface area contributed by atoms with Crippen LogP contribution in [0.3, 0.4) is 0 Å². The molecular formula is C17H28N2O2. The average molecular weight is 292 g/mol. The van der Waals surface area contributed by atoms with Gasteiger partial charge in [0.2, 0.25) is 0 Å². The number of nitrogens with two attached hydrogens (primary N) is 1. The van der Waals surface area contributed by atoms with E-state index in [1.165, 1.54) is 12.8 Å². The van der Waals surface area contributed by atoms with Gasteiger partial charge in [-0.2, -0.15) is 0 Å². The highest BCUT2D eigenvalue weighted by atomic mass is 16.5. The van der Waals surface area contributed by atoms with E-state index in [1.807, 2.05) is 24.3 Å². The summed E-state index contributed by atoms with van der Waals surface area (Å²) in [6, 6.07) is 7.94. The monoisotopic (exact) mass is 292 g/mol. The summed E-state index contributed by atoms with van der Waals surface area (Å²) in [4.78, 5) is 2.38. The van der Waals surface area contributed by atoms with E-state index in [0.717, 1.165) is 49.8 Å². The number of piperidine rings is 1. The highest BCUT2D eigenvalue weighted by molar-refractivity contribution is 5.27. The van der Waals surface area contributed by atoms with Crippen LogP contribution in [0.4, 0.5) is 0 Å². The first-order chi connectivity index (χ1) is 10.2. The number of ether oxygens (including phenoxy) is 1. The first kappa shape index (κ1) is 16.3. The third kappa shape index (κ3) is 5.30. The van der Waals surface area contributed by atoms with Crippen LogP contribution in [0.1, 0.15) is 24.8 Å². The maximum atomic E-state index is 10.3. The normalized spacial score (nSPS) is 18.6. The Labute approximate surface area is 127 Å². The lowest BCUT2D eigenvalue weighted by Crippen LogP contribution is -2.39. The molecule has 4 nitrogen and oxygen atoms in total. The second-order valence-corrected chi connectivity index (χ2v) is 6.03. The van der Waals surface area contributed by atoms with Gasteiger partial charge in [0.1, 0.15) is 5.75 Å². The molecule has 0 aliphatic carbocycles. The van der Waals surface area contributed by atoms with E-state index in [0.29, 0.717) is 6.42 Å². The van der Waals surface area contributed by atoms with Gasteiger partial charge in [0.05, 0.1) is 13.2 Å². The maximum absolute atomic E-state index is 10.3. The highest BCUT2D eigenvalue weighted by Crippen LogP contribution is 2.20. The van der Waals surface area contributed by atoms with Crippen LogP contribution in [0.15, 0.2) is 24.3 Å². The van der Waals surface area contributed by atoms with Crippen LogP contribution in [0.2, 0.25) is 0 Å². The molecule has 1 heterocycles. The summed E-state index contributed by atoms with van der Waals surface area (Å²) in [5.74, 6) is 1.64. The lowest BCUT2D eigenvalue weighted by Gasteiger charge is -2.33. The van der Waals surface area contributed by atoms with Crippen LogP contribution >= 0.6 is 0 Å². The Morgan fingerprint density at radius 1 is 1.29 bits per heavy atom. The Morgan fingerprint density at radius 3 is 2.52 bits per heavy atom. The Kier molecular flexibility index (Phi) is 6.49. The number of β-amino-alcohol motifs (C(OH)–C–C–N with tert-alkyl or cyclic N) is 1. The molecule has 0 aromatic heterocycles. The number of hydrogen-bond donors (Lipinski definition) is 2. The molecule has 118 valence electrons. The van der Waals surface area contributed by atoms with Gasteiger partial charge >= 0.3 is 0 Å². The molecule has 0 amide bonds. The number of benzene rings is 1. The fourth-order valence-electron chi connectivity index (χ4n) is 3.09.